The second kappa shape index (κ2) is 4.83. The molecule has 2 heterocycles. The molecule has 1 fully saturated rings. The molecule has 0 saturated carbocycles. The third kappa shape index (κ3) is 2.53. The van der Waals surface area contributed by atoms with Crippen LogP contribution in [0.1, 0.15) is 25.8 Å². The van der Waals surface area contributed by atoms with E-state index in [9.17, 15) is 0 Å². The highest BCUT2D eigenvalue weighted by Gasteiger charge is 2.25. The largest absolute Gasteiger partial charge is 0.373 e. The molecule has 2 rings (SSSR count). The predicted octanol–water partition coefficient (Wildman–Crippen LogP) is 2.35. The first kappa shape index (κ1) is 11.4. The second-order valence-corrected chi connectivity index (χ2v) is 4.92. The van der Waals surface area contributed by atoms with Crippen LogP contribution in [0.4, 0.5) is 5.82 Å². The molecule has 0 aromatic carbocycles. The fraction of sp³-hybridized carbons (Fsp3) is 0.615. The molecule has 16 heavy (non-hydrogen) atoms. The minimum absolute atomic E-state index is 0.709. The number of pyridine rings is 1. The van der Waals surface area contributed by atoms with Crippen molar-refractivity contribution in [2.24, 2.45) is 5.92 Å². The minimum atomic E-state index is 0.709. The lowest BCUT2D eigenvalue weighted by atomic mass is 10.1. The molecule has 3 nitrogen and oxygen atoms in total. The average Bonchev–Trinajstić information content (AvgIpc) is 2.58. The van der Waals surface area contributed by atoms with Gasteiger partial charge in [0.15, 0.2) is 0 Å². The molecule has 2 atom stereocenters. The van der Waals surface area contributed by atoms with Crippen molar-refractivity contribution in [3.63, 3.8) is 0 Å². The normalized spacial score (nSPS) is 25.9. The molecule has 2 unspecified atom stereocenters. The van der Waals surface area contributed by atoms with Crippen molar-refractivity contribution in [2.75, 3.05) is 18.9 Å². The summed E-state index contributed by atoms with van der Waals surface area (Å²) < 4.78 is 0. The van der Waals surface area contributed by atoms with Crippen LogP contribution in [0.25, 0.3) is 0 Å². The van der Waals surface area contributed by atoms with Gasteiger partial charge < -0.3 is 5.32 Å². The van der Waals surface area contributed by atoms with Gasteiger partial charge >= 0.3 is 0 Å². The Hall–Kier alpha value is -1.09. The van der Waals surface area contributed by atoms with Crippen molar-refractivity contribution in [3.05, 3.63) is 23.9 Å². The topological polar surface area (TPSA) is 28.2 Å². The molecule has 0 spiro atoms. The standard InChI is InChI=1S/C13H21N3/c1-10-6-11(2)16(8-10)9-12-4-5-15-13(7-12)14-3/h4-5,7,10-11H,6,8-9H2,1-3H3,(H,14,15). The van der Waals surface area contributed by atoms with Crippen LogP contribution in [0, 0.1) is 5.92 Å². The summed E-state index contributed by atoms with van der Waals surface area (Å²) in [5.74, 6) is 1.79. The van der Waals surface area contributed by atoms with E-state index in [2.05, 4.69) is 41.2 Å². The first-order valence-electron chi connectivity index (χ1n) is 6.05. The summed E-state index contributed by atoms with van der Waals surface area (Å²) in [6.07, 6.45) is 3.20. The van der Waals surface area contributed by atoms with E-state index in [1.807, 2.05) is 13.2 Å². The van der Waals surface area contributed by atoms with Crippen LogP contribution in [0.2, 0.25) is 0 Å². The molecular formula is C13H21N3. The Balaban J connectivity index is 2.03. The van der Waals surface area contributed by atoms with Crippen LogP contribution in [0.5, 0.6) is 0 Å². The fourth-order valence-electron chi connectivity index (χ4n) is 2.55. The van der Waals surface area contributed by atoms with E-state index in [-0.39, 0.29) is 0 Å². The zero-order valence-corrected chi connectivity index (χ0v) is 10.4. The van der Waals surface area contributed by atoms with Crippen LogP contribution in [0.3, 0.4) is 0 Å². The van der Waals surface area contributed by atoms with Crippen molar-refractivity contribution in [1.82, 2.24) is 9.88 Å². The Labute approximate surface area is 97.9 Å². The van der Waals surface area contributed by atoms with Gasteiger partial charge in [0.2, 0.25) is 0 Å². The van der Waals surface area contributed by atoms with Gasteiger partial charge in [-0.05, 0) is 37.0 Å². The molecule has 1 aliphatic heterocycles. The van der Waals surface area contributed by atoms with Gasteiger partial charge in [0.05, 0.1) is 0 Å². The molecule has 1 aliphatic rings. The Morgan fingerprint density at radius 2 is 2.31 bits per heavy atom. The SMILES string of the molecule is CNc1cc(CN2CC(C)CC2C)ccn1. The van der Waals surface area contributed by atoms with Crippen LogP contribution in [0.15, 0.2) is 18.3 Å². The van der Waals surface area contributed by atoms with E-state index >= 15 is 0 Å². The molecule has 1 aromatic rings. The maximum atomic E-state index is 4.24. The smallest absolute Gasteiger partial charge is 0.125 e. The number of hydrogen-bond acceptors (Lipinski definition) is 3. The number of likely N-dealkylation sites (tertiary alicyclic amines) is 1. The molecule has 1 aromatic heterocycles. The van der Waals surface area contributed by atoms with Crippen LogP contribution in [-0.4, -0.2) is 29.5 Å². The molecule has 3 heteroatoms. The maximum absolute atomic E-state index is 4.24. The van der Waals surface area contributed by atoms with Gasteiger partial charge in [0.25, 0.3) is 0 Å². The zero-order valence-electron chi connectivity index (χ0n) is 10.4. The Morgan fingerprint density at radius 3 is 2.94 bits per heavy atom. The summed E-state index contributed by atoms with van der Waals surface area (Å²) in [5.41, 5.74) is 1.35. The summed E-state index contributed by atoms with van der Waals surface area (Å²) in [7, 11) is 1.91. The van der Waals surface area contributed by atoms with E-state index in [0.717, 1.165) is 18.3 Å². The van der Waals surface area contributed by atoms with Crippen molar-refractivity contribution >= 4 is 5.82 Å². The fourth-order valence-corrected chi connectivity index (χ4v) is 2.55. The van der Waals surface area contributed by atoms with E-state index in [1.165, 1.54) is 18.5 Å². The summed E-state index contributed by atoms with van der Waals surface area (Å²) >= 11 is 0. The third-order valence-corrected chi connectivity index (χ3v) is 3.38. The lowest BCUT2D eigenvalue weighted by Crippen LogP contribution is -2.26. The van der Waals surface area contributed by atoms with Gasteiger partial charge in [0, 0.05) is 32.4 Å². The third-order valence-electron chi connectivity index (χ3n) is 3.38. The molecule has 0 amide bonds. The molecule has 88 valence electrons. The second-order valence-electron chi connectivity index (χ2n) is 4.92. The monoisotopic (exact) mass is 219 g/mol. The summed E-state index contributed by atoms with van der Waals surface area (Å²) in [6.45, 7) is 6.92. The maximum Gasteiger partial charge on any atom is 0.125 e. The molecule has 1 N–H and O–H groups in total. The minimum Gasteiger partial charge on any atom is -0.373 e. The number of anilines is 1. The lowest BCUT2D eigenvalue weighted by molar-refractivity contribution is 0.256. The number of nitrogens with zero attached hydrogens (tertiary/aromatic N) is 2. The highest BCUT2D eigenvalue weighted by atomic mass is 15.2. The predicted molar refractivity (Wildman–Crippen MR) is 67.4 cm³/mol. The first-order chi connectivity index (χ1) is 7.69. The number of aromatic nitrogens is 1. The van der Waals surface area contributed by atoms with Crippen LogP contribution in [-0.2, 0) is 6.54 Å². The lowest BCUT2D eigenvalue weighted by Gasteiger charge is -2.21. The first-order valence-corrected chi connectivity index (χ1v) is 6.05. The molecular weight excluding hydrogens is 198 g/mol. The Kier molecular flexibility index (Phi) is 3.44. The summed E-state index contributed by atoms with van der Waals surface area (Å²) in [6, 6.07) is 4.95. The number of hydrogen-bond donors (Lipinski definition) is 1. The van der Waals surface area contributed by atoms with E-state index in [1.54, 1.807) is 0 Å². The van der Waals surface area contributed by atoms with Gasteiger partial charge in [-0.3, -0.25) is 4.90 Å². The molecule has 0 bridgehead atoms. The highest BCUT2D eigenvalue weighted by Crippen LogP contribution is 2.24. The Bertz CT molecular complexity index is 351. The number of rotatable bonds is 3. The zero-order chi connectivity index (χ0) is 11.5. The van der Waals surface area contributed by atoms with Crippen LogP contribution >= 0.6 is 0 Å². The number of nitrogens with one attached hydrogen (secondary N) is 1. The van der Waals surface area contributed by atoms with E-state index < -0.39 is 0 Å². The van der Waals surface area contributed by atoms with E-state index in [0.29, 0.717) is 6.04 Å². The van der Waals surface area contributed by atoms with Crippen LogP contribution < -0.4 is 5.32 Å². The van der Waals surface area contributed by atoms with Gasteiger partial charge in [-0.15, -0.1) is 0 Å². The quantitative estimate of drug-likeness (QED) is 0.846. The molecule has 0 aliphatic carbocycles. The summed E-state index contributed by atoms with van der Waals surface area (Å²) in [4.78, 5) is 6.79. The van der Waals surface area contributed by atoms with Gasteiger partial charge in [-0.1, -0.05) is 6.92 Å². The van der Waals surface area contributed by atoms with Gasteiger partial charge in [0.1, 0.15) is 5.82 Å². The summed E-state index contributed by atoms with van der Waals surface area (Å²) in [5, 5.41) is 3.08. The van der Waals surface area contributed by atoms with Crippen molar-refractivity contribution < 1.29 is 0 Å². The van der Waals surface area contributed by atoms with Crippen molar-refractivity contribution in [1.29, 1.82) is 0 Å². The van der Waals surface area contributed by atoms with Crippen molar-refractivity contribution in [2.45, 2.75) is 32.9 Å². The van der Waals surface area contributed by atoms with Gasteiger partial charge in [-0.2, -0.15) is 0 Å². The van der Waals surface area contributed by atoms with Crippen molar-refractivity contribution in [3.8, 4) is 0 Å². The Morgan fingerprint density at radius 1 is 1.50 bits per heavy atom. The highest BCUT2D eigenvalue weighted by molar-refractivity contribution is 5.36. The van der Waals surface area contributed by atoms with E-state index in [4.69, 9.17) is 0 Å². The molecule has 1 saturated heterocycles. The van der Waals surface area contributed by atoms with Gasteiger partial charge in [-0.25, -0.2) is 4.98 Å². The average molecular weight is 219 g/mol. The molecule has 0 radical (unpaired) electrons.